The van der Waals surface area contributed by atoms with Crippen LogP contribution in [0.25, 0.3) is 0 Å². The maximum Gasteiger partial charge on any atom is 0.344 e. The molecule has 4 heteroatoms. The molecule has 1 aliphatic rings. The summed E-state index contributed by atoms with van der Waals surface area (Å²) in [6.45, 7) is 6.65. The number of ether oxygens (including phenoxy) is 1. The number of hydrogen-bond acceptors (Lipinski definition) is 4. The van der Waals surface area contributed by atoms with Gasteiger partial charge in [0.15, 0.2) is 0 Å². The third-order valence-electron chi connectivity index (χ3n) is 3.49. The second-order valence-corrected chi connectivity index (χ2v) is 4.90. The van der Waals surface area contributed by atoms with Crippen molar-refractivity contribution < 1.29 is 19.3 Å². The first-order valence-electron chi connectivity index (χ1n) is 7.23. The van der Waals surface area contributed by atoms with Crippen LogP contribution in [0.1, 0.15) is 65.7 Å². The first-order chi connectivity index (χ1) is 8.71. The third kappa shape index (κ3) is 3.45. The van der Waals surface area contributed by atoms with E-state index >= 15 is 0 Å². The van der Waals surface area contributed by atoms with Crippen molar-refractivity contribution in [2.24, 2.45) is 0 Å². The van der Waals surface area contributed by atoms with Crippen LogP contribution in [0, 0.1) is 0 Å². The Hall–Kier alpha value is -0.610. The van der Waals surface area contributed by atoms with Crippen molar-refractivity contribution in [3.8, 4) is 0 Å². The van der Waals surface area contributed by atoms with Gasteiger partial charge in [-0.25, -0.2) is 14.6 Å². The number of carbonyl (C=O) groups is 1. The number of esters is 1. The lowest BCUT2D eigenvalue weighted by Gasteiger charge is -2.43. The predicted molar refractivity (Wildman–Crippen MR) is 69.0 cm³/mol. The van der Waals surface area contributed by atoms with Crippen LogP contribution in [-0.4, -0.2) is 24.3 Å². The average molecular weight is 258 g/mol. The molecule has 1 rings (SSSR count). The fraction of sp³-hybridized carbons (Fsp3) is 0.929. The molecule has 0 aromatic carbocycles. The Balaban J connectivity index is 2.33. The van der Waals surface area contributed by atoms with Gasteiger partial charge in [-0.05, 0) is 19.3 Å². The molecule has 1 aliphatic heterocycles. The Labute approximate surface area is 110 Å². The molecule has 18 heavy (non-hydrogen) atoms. The summed E-state index contributed by atoms with van der Waals surface area (Å²) in [5.74, 6) is -0.258. The molecule has 0 amide bonds. The van der Waals surface area contributed by atoms with E-state index in [4.69, 9.17) is 14.5 Å². The topological polar surface area (TPSA) is 44.8 Å². The molecule has 0 aromatic rings. The van der Waals surface area contributed by atoms with Gasteiger partial charge in [-0.1, -0.05) is 46.5 Å². The number of carbonyl (C=O) groups excluding carboxylic acids is 1. The quantitative estimate of drug-likeness (QED) is 0.361. The van der Waals surface area contributed by atoms with Crippen molar-refractivity contribution in [3.63, 3.8) is 0 Å². The normalized spacial score (nSPS) is 26.7. The first-order valence-corrected chi connectivity index (χ1v) is 7.23. The van der Waals surface area contributed by atoms with E-state index in [1.54, 1.807) is 0 Å². The average Bonchev–Trinajstić information content (AvgIpc) is 2.35. The highest BCUT2D eigenvalue weighted by molar-refractivity contribution is 5.81. The van der Waals surface area contributed by atoms with Crippen molar-refractivity contribution in [1.29, 1.82) is 0 Å². The number of unbranched alkanes of at least 4 members (excludes halogenated alkanes) is 3. The molecule has 1 saturated heterocycles. The Kier molecular flexibility index (Phi) is 6.65. The molecule has 0 spiro atoms. The molecule has 106 valence electrons. The van der Waals surface area contributed by atoms with Crippen LogP contribution >= 0.6 is 0 Å². The van der Waals surface area contributed by atoms with Crippen molar-refractivity contribution in [2.75, 3.05) is 6.61 Å². The fourth-order valence-electron chi connectivity index (χ4n) is 2.19. The van der Waals surface area contributed by atoms with Crippen LogP contribution in [0.15, 0.2) is 0 Å². The fourth-order valence-corrected chi connectivity index (χ4v) is 2.19. The molecule has 0 N–H and O–H groups in total. The molecular weight excluding hydrogens is 232 g/mol. The summed E-state index contributed by atoms with van der Waals surface area (Å²) in [6.07, 6.45) is 6.67. The highest BCUT2D eigenvalue weighted by Crippen LogP contribution is 2.37. The Bertz CT molecular complexity index is 250. The lowest BCUT2D eigenvalue weighted by Crippen LogP contribution is -2.61. The molecule has 0 radical (unpaired) electrons. The molecule has 0 saturated carbocycles. The maximum atomic E-state index is 12.1. The van der Waals surface area contributed by atoms with E-state index in [0.717, 1.165) is 25.7 Å². The summed E-state index contributed by atoms with van der Waals surface area (Å²) in [5.41, 5.74) is -0.846. The minimum atomic E-state index is -0.846. The van der Waals surface area contributed by atoms with Gasteiger partial charge in [0.05, 0.1) is 6.61 Å². The Morgan fingerprint density at radius 3 is 2.44 bits per heavy atom. The standard InChI is InChI=1S/C14H26O4/c1-4-7-8-9-11-16-13(15)14(6-3)12(10-5-2)17-18-14/h12H,4-11H2,1-3H3. The summed E-state index contributed by atoms with van der Waals surface area (Å²) >= 11 is 0. The summed E-state index contributed by atoms with van der Waals surface area (Å²) in [6, 6.07) is 0. The maximum absolute atomic E-state index is 12.1. The van der Waals surface area contributed by atoms with Gasteiger partial charge in [0, 0.05) is 0 Å². The first kappa shape index (κ1) is 15.4. The van der Waals surface area contributed by atoms with Gasteiger partial charge in [0.25, 0.3) is 0 Å². The van der Waals surface area contributed by atoms with Gasteiger partial charge in [-0.2, -0.15) is 0 Å². The molecule has 0 bridgehead atoms. The summed E-state index contributed by atoms with van der Waals surface area (Å²) in [7, 11) is 0. The van der Waals surface area contributed by atoms with Crippen molar-refractivity contribution in [3.05, 3.63) is 0 Å². The van der Waals surface area contributed by atoms with Gasteiger partial charge < -0.3 is 4.74 Å². The Morgan fingerprint density at radius 1 is 1.17 bits per heavy atom. The van der Waals surface area contributed by atoms with Crippen LogP contribution in [0.2, 0.25) is 0 Å². The van der Waals surface area contributed by atoms with Gasteiger partial charge >= 0.3 is 5.97 Å². The molecule has 2 atom stereocenters. The van der Waals surface area contributed by atoms with E-state index in [1.807, 2.05) is 6.92 Å². The molecule has 4 nitrogen and oxygen atoms in total. The van der Waals surface area contributed by atoms with Crippen LogP contribution in [0.5, 0.6) is 0 Å². The lowest BCUT2D eigenvalue weighted by atomic mass is 9.89. The van der Waals surface area contributed by atoms with Gasteiger partial charge in [0.1, 0.15) is 6.10 Å². The Morgan fingerprint density at radius 2 is 1.94 bits per heavy atom. The summed E-state index contributed by atoms with van der Waals surface area (Å²) in [5, 5.41) is 0. The van der Waals surface area contributed by atoms with Crippen LogP contribution in [0.4, 0.5) is 0 Å². The van der Waals surface area contributed by atoms with Crippen LogP contribution < -0.4 is 0 Å². The van der Waals surface area contributed by atoms with Crippen LogP contribution in [-0.2, 0) is 19.3 Å². The largest absolute Gasteiger partial charge is 0.463 e. The van der Waals surface area contributed by atoms with E-state index in [0.29, 0.717) is 13.0 Å². The van der Waals surface area contributed by atoms with Crippen LogP contribution in [0.3, 0.4) is 0 Å². The molecule has 2 unspecified atom stereocenters. The number of hydrogen-bond donors (Lipinski definition) is 0. The highest BCUT2D eigenvalue weighted by atomic mass is 17.3. The summed E-state index contributed by atoms with van der Waals surface area (Å²) < 4.78 is 5.32. The van der Waals surface area contributed by atoms with E-state index in [2.05, 4.69) is 13.8 Å². The van der Waals surface area contributed by atoms with Gasteiger partial charge in [-0.3, -0.25) is 0 Å². The minimum absolute atomic E-state index is 0.143. The van der Waals surface area contributed by atoms with Crippen molar-refractivity contribution >= 4 is 5.97 Å². The predicted octanol–water partition coefficient (Wildman–Crippen LogP) is 3.39. The van der Waals surface area contributed by atoms with E-state index in [-0.39, 0.29) is 12.1 Å². The van der Waals surface area contributed by atoms with Crippen molar-refractivity contribution in [1.82, 2.24) is 0 Å². The lowest BCUT2D eigenvalue weighted by molar-refractivity contribution is -0.498. The zero-order valence-corrected chi connectivity index (χ0v) is 11.9. The number of rotatable bonds is 9. The minimum Gasteiger partial charge on any atom is -0.463 e. The van der Waals surface area contributed by atoms with Crippen molar-refractivity contribution in [2.45, 2.75) is 77.4 Å². The monoisotopic (exact) mass is 258 g/mol. The van der Waals surface area contributed by atoms with E-state index < -0.39 is 5.60 Å². The van der Waals surface area contributed by atoms with Gasteiger partial charge in [0.2, 0.25) is 5.60 Å². The second kappa shape index (κ2) is 7.74. The molecule has 0 aromatic heterocycles. The van der Waals surface area contributed by atoms with E-state index in [1.165, 1.54) is 12.8 Å². The van der Waals surface area contributed by atoms with Gasteiger partial charge in [-0.15, -0.1) is 0 Å². The third-order valence-corrected chi connectivity index (χ3v) is 3.49. The zero-order valence-electron chi connectivity index (χ0n) is 11.9. The van der Waals surface area contributed by atoms with E-state index in [9.17, 15) is 4.79 Å². The smallest absolute Gasteiger partial charge is 0.344 e. The molecule has 1 fully saturated rings. The molecule has 0 aliphatic carbocycles. The molecule has 1 heterocycles. The summed E-state index contributed by atoms with van der Waals surface area (Å²) in [4.78, 5) is 22.2. The SMILES string of the molecule is CCCCCCOC(=O)C1(CC)OOC1CCC. The zero-order chi connectivity index (χ0) is 13.4. The second-order valence-electron chi connectivity index (χ2n) is 4.90. The highest BCUT2D eigenvalue weighted by Gasteiger charge is 2.57. The molecular formula is C14H26O4.